The maximum atomic E-state index is 11.8. The van der Waals surface area contributed by atoms with Gasteiger partial charge in [-0.1, -0.05) is 0 Å². The van der Waals surface area contributed by atoms with Crippen molar-refractivity contribution in [2.24, 2.45) is 0 Å². The number of esters is 1. The Morgan fingerprint density at radius 1 is 1.35 bits per heavy atom. The predicted octanol–water partition coefficient (Wildman–Crippen LogP) is 2.76. The van der Waals surface area contributed by atoms with E-state index in [1.165, 1.54) is 0 Å². The zero-order valence-electron chi connectivity index (χ0n) is 11.4. The van der Waals surface area contributed by atoms with Gasteiger partial charge in [-0.25, -0.2) is 4.79 Å². The Hall–Kier alpha value is -2.01. The minimum atomic E-state index is -0.397. The lowest BCUT2D eigenvalue weighted by atomic mass is 10.1. The van der Waals surface area contributed by atoms with Crippen molar-refractivity contribution in [3.8, 4) is 5.75 Å². The molecule has 1 aromatic heterocycles. The molecule has 2 rings (SSSR count). The van der Waals surface area contributed by atoms with Crippen LogP contribution in [-0.2, 0) is 4.74 Å². The zero-order valence-corrected chi connectivity index (χ0v) is 11.4. The minimum absolute atomic E-state index is 0.146. The van der Waals surface area contributed by atoms with Crippen molar-refractivity contribution in [3.05, 3.63) is 30.0 Å². The van der Waals surface area contributed by atoms with E-state index in [0.29, 0.717) is 36.5 Å². The highest BCUT2D eigenvalue weighted by Crippen LogP contribution is 2.29. The third-order valence-electron chi connectivity index (χ3n) is 2.85. The van der Waals surface area contributed by atoms with Crippen LogP contribution in [-0.4, -0.2) is 30.9 Å². The van der Waals surface area contributed by atoms with Crippen LogP contribution in [0, 0.1) is 0 Å². The normalized spacial score (nSPS) is 10.7. The van der Waals surface area contributed by atoms with Crippen LogP contribution < -0.4 is 4.74 Å². The Bertz CT molecular complexity index is 573. The van der Waals surface area contributed by atoms with Gasteiger partial charge in [0.05, 0.1) is 30.4 Å². The van der Waals surface area contributed by atoms with E-state index in [1.54, 1.807) is 31.4 Å². The molecule has 20 heavy (non-hydrogen) atoms. The first-order chi connectivity index (χ1) is 9.76. The van der Waals surface area contributed by atoms with Crippen molar-refractivity contribution in [2.75, 3.05) is 19.8 Å². The summed E-state index contributed by atoms with van der Waals surface area (Å²) < 4.78 is 16.0. The Morgan fingerprint density at radius 2 is 2.20 bits per heavy atom. The minimum Gasteiger partial charge on any atom is -0.493 e. The number of hydrogen-bond donors (Lipinski definition) is 1. The van der Waals surface area contributed by atoms with E-state index >= 15 is 0 Å². The highest BCUT2D eigenvalue weighted by Gasteiger charge is 2.13. The van der Waals surface area contributed by atoms with Crippen molar-refractivity contribution in [3.63, 3.8) is 0 Å². The molecule has 0 aliphatic heterocycles. The molecule has 0 unspecified atom stereocenters. The van der Waals surface area contributed by atoms with E-state index < -0.39 is 5.97 Å². The summed E-state index contributed by atoms with van der Waals surface area (Å²) in [5, 5.41) is 9.57. The Labute approximate surface area is 117 Å². The summed E-state index contributed by atoms with van der Waals surface area (Å²) in [6.45, 7) is 2.71. The molecule has 5 nitrogen and oxygen atoms in total. The van der Waals surface area contributed by atoms with Gasteiger partial charge in [0.1, 0.15) is 11.3 Å². The molecule has 0 saturated carbocycles. The molecule has 5 heteroatoms. The number of aliphatic hydroxyl groups excluding tert-OH is 1. The first-order valence-electron chi connectivity index (χ1n) is 6.68. The van der Waals surface area contributed by atoms with Crippen molar-refractivity contribution < 1.29 is 23.8 Å². The molecule has 0 fully saturated rings. The summed E-state index contributed by atoms with van der Waals surface area (Å²) in [7, 11) is 0. The molecule has 0 spiro atoms. The number of fused-ring (bicyclic) bond motifs is 1. The van der Waals surface area contributed by atoms with Gasteiger partial charge in [-0.2, -0.15) is 0 Å². The number of rotatable bonds is 7. The van der Waals surface area contributed by atoms with E-state index in [1.807, 2.05) is 0 Å². The average molecular weight is 278 g/mol. The van der Waals surface area contributed by atoms with Crippen LogP contribution in [0.3, 0.4) is 0 Å². The van der Waals surface area contributed by atoms with Gasteiger partial charge in [-0.3, -0.25) is 0 Å². The average Bonchev–Trinajstić information content (AvgIpc) is 2.92. The van der Waals surface area contributed by atoms with Crippen LogP contribution in [0.25, 0.3) is 11.0 Å². The molecule has 0 amide bonds. The van der Waals surface area contributed by atoms with Crippen LogP contribution in [0.4, 0.5) is 0 Å². The highest BCUT2D eigenvalue weighted by atomic mass is 16.5. The van der Waals surface area contributed by atoms with Crippen LogP contribution in [0.1, 0.15) is 30.1 Å². The largest absolute Gasteiger partial charge is 0.493 e. The van der Waals surface area contributed by atoms with E-state index in [0.717, 1.165) is 11.8 Å². The summed E-state index contributed by atoms with van der Waals surface area (Å²) in [4.78, 5) is 11.8. The Morgan fingerprint density at radius 3 is 2.95 bits per heavy atom. The molecule has 108 valence electrons. The molecule has 0 aliphatic carbocycles. The first-order valence-corrected chi connectivity index (χ1v) is 6.68. The lowest BCUT2D eigenvalue weighted by Crippen LogP contribution is -2.06. The van der Waals surface area contributed by atoms with E-state index in [2.05, 4.69) is 0 Å². The number of unbranched alkanes of at least 4 members (excludes halogenated alkanes) is 1. The second kappa shape index (κ2) is 6.96. The highest BCUT2D eigenvalue weighted by molar-refractivity contribution is 5.96. The van der Waals surface area contributed by atoms with E-state index in [9.17, 15) is 4.79 Å². The lowest BCUT2D eigenvalue weighted by molar-refractivity contribution is 0.0526. The van der Waals surface area contributed by atoms with Crippen molar-refractivity contribution in [1.82, 2.24) is 0 Å². The fraction of sp³-hybridized carbons (Fsp3) is 0.400. The third kappa shape index (κ3) is 3.30. The van der Waals surface area contributed by atoms with E-state index in [-0.39, 0.29) is 6.61 Å². The first kappa shape index (κ1) is 14.4. The number of aliphatic hydroxyl groups is 1. The lowest BCUT2D eigenvalue weighted by Gasteiger charge is -2.09. The molecule has 0 aliphatic rings. The summed E-state index contributed by atoms with van der Waals surface area (Å²) in [6.07, 6.45) is 2.99. The fourth-order valence-electron chi connectivity index (χ4n) is 1.89. The number of furan rings is 1. The summed E-state index contributed by atoms with van der Waals surface area (Å²) in [5.74, 6) is 0.197. The molecule has 0 bridgehead atoms. The van der Waals surface area contributed by atoms with Gasteiger partial charge in [0.2, 0.25) is 0 Å². The molecule has 1 aromatic carbocycles. The molecular weight excluding hydrogens is 260 g/mol. The van der Waals surface area contributed by atoms with Gasteiger partial charge >= 0.3 is 5.97 Å². The molecule has 2 aromatic rings. The van der Waals surface area contributed by atoms with Crippen LogP contribution in [0.2, 0.25) is 0 Å². The van der Waals surface area contributed by atoms with Gasteiger partial charge in [0, 0.05) is 6.61 Å². The second-order valence-corrected chi connectivity index (χ2v) is 4.31. The number of hydrogen-bond acceptors (Lipinski definition) is 5. The summed E-state index contributed by atoms with van der Waals surface area (Å²) in [6, 6.07) is 5.11. The van der Waals surface area contributed by atoms with Gasteiger partial charge < -0.3 is 19.0 Å². The third-order valence-corrected chi connectivity index (χ3v) is 2.85. The maximum Gasteiger partial charge on any atom is 0.338 e. The SMILES string of the molecule is CCOC(=O)c1cc(OCCCCO)c2ccoc2c1. The van der Waals surface area contributed by atoms with Gasteiger partial charge in [0.15, 0.2) is 0 Å². The van der Waals surface area contributed by atoms with Crippen LogP contribution >= 0.6 is 0 Å². The van der Waals surface area contributed by atoms with Crippen LogP contribution in [0.5, 0.6) is 5.75 Å². The van der Waals surface area contributed by atoms with Gasteiger partial charge in [0.25, 0.3) is 0 Å². The van der Waals surface area contributed by atoms with Crippen molar-refractivity contribution in [2.45, 2.75) is 19.8 Å². The summed E-state index contributed by atoms with van der Waals surface area (Å²) in [5.41, 5.74) is 0.999. The van der Waals surface area contributed by atoms with E-state index in [4.69, 9.17) is 19.0 Å². The number of carbonyl (C=O) groups is 1. The van der Waals surface area contributed by atoms with Crippen molar-refractivity contribution >= 4 is 16.9 Å². The molecular formula is C15H18O5. The predicted molar refractivity (Wildman–Crippen MR) is 74.0 cm³/mol. The maximum absolute atomic E-state index is 11.8. The Kier molecular flexibility index (Phi) is 5.01. The molecule has 1 heterocycles. The fourth-order valence-corrected chi connectivity index (χ4v) is 1.89. The smallest absolute Gasteiger partial charge is 0.338 e. The van der Waals surface area contributed by atoms with Gasteiger partial charge in [-0.15, -0.1) is 0 Å². The topological polar surface area (TPSA) is 68.9 Å². The monoisotopic (exact) mass is 278 g/mol. The standard InChI is InChI=1S/C15H18O5/c1-2-18-15(17)11-9-13(19-7-4-3-6-16)12-5-8-20-14(12)10-11/h5,8-10,16H,2-4,6-7H2,1H3. The Balaban J connectivity index is 2.21. The molecule has 0 saturated heterocycles. The molecule has 1 N–H and O–H groups in total. The van der Waals surface area contributed by atoms with Crippen LogP contribution in [0.15, 0.2) is 28.9 Å². The molecule has 0 atom stereocenters. The zero-order chi connectivity index (χ0) is 14.4. The van der Waals surface area contributed by atoms with Gasteiger partial charge in [-0.05, 0) is 38.0 Å². The number of benzene rings is 1. The number of carbonyl (C=O) groups excluding carboxylic acids is 1. The summed E-state index contributed by atoms with van der Waals surface area (Å²) >= 11 is 0. The van der Waals surface area contributed by atoms with Crippen molar-refractivity contribution in [1.29, 1.82) is 0 Å². The quantitative estimate of drug-likeness (QED) is 0.623. The molecule has 0 radical (unpaired) electrons. The number of ether oxygens (including phenoxy) is 2. The second-order valence-electron chi connectivity index (χ2n) is 4.31.